The molecule has 2 heterocycles. The van der Waals surface area contributed by atoms with Crippen molar-refractivity contribution in [1.82, 2.24) is 15.1 Å². The van der Waals surface area contributed by atoms with Gasteiger partial charge >= 0.3 is 0 Å². The van der Waals surface area contributed by atoms with Crippen LogP contribution in [0.1, 0.15) is 25.7 Å². The normalized spacial score (nSPS) is 23.4. The summed E-state index contributed by atoms with van der Waals surface area (Å²) in [5.74, 6) is 1.10. The third-order valence-electron chi connectivity index (χ3n) is 3.68. The molecule has 1 aliphatic heterocycles. The molecule has 1 aromatic heterocycles. The first kappa shape index (κ1) is 14.7. The Morgan fingerprint density at radius 3 is 2.95 bits per heavy atom. The van der Waals surface area contributed by atoms with Gasteiger partial charge in [0, 0.05) is 11.0 Å². The van der Waals surface area contributed by atoms with E-state index in [1.54, 1.807) is 0 Å². The molecule has 1 unspecified atom stereocenters. The number of likely N-dealkylation sites (tertiary alicyclic amines) is 1. The molecule has 1 saturated heterocycles. The van der Waals surface area contributed by atoms with E-state index in [1.807, 2.05) is 31.2 Å². The minimum absolute atomic E-state index is 0.515. The van der Waals surface area contributed by atoms with Gasteiger partial charge in [0.2, 0.25) is 11.8 Å². The maximum Gasteiger partial charge on any atom is 0.248 e. The van der Waals surface area contributed by atoms with Crippen LogP contribution in [0, 0.1) is 0 Å². The van der Waals surface area contributed by atoms with E-state index < -0.39 is 5.60 Å². The summed E-state index contributed by atoms with van der Waals surface area (Å²) in [7, 11) is 0. The van der Waals surface area contributed by atoms with Crippen LogP contribution in [0.4, 0.5) is 0 Å². The van der Waals surface area contributed by atoms with Crippen molar-refractivity contribution >= 4 is 15.9 Å². The largest absolute Gasteiger partial charge is 0.419 e. The Bertz CT molecular complexity index is 627. The monoisotopic (exact) mass is 351 g/mol. The lowest BCUT2D eigenvalue weighted by Gasteiger charge is -2.35. The van der Waals surface area contributed by atoms with E-state index in [9.17, 15) is 5.11 Å². The predicted octanol–water partition coefficient (Wildman–Crippen LogP) is 2.85. The second-order valence-corrected chi connectivity index (χ2v) is 6.65. The molecule has 0 aliphatic carbocycles. The molecule has 0 amide bonds. The summed E-state index contributed by atoms with van der Waals surface area (Å²) >= 11 is 3.48. The number of aromatic nitrogens is 2. The van der Waals surface area contributed by atoms with Crippen LogP contribution >= 0.6 is 15.9 Å². The molecule has 0 radical (unpaired) electrons. The number of halogens is 1. The highest BCUT2D eigenvalue weighted by atomic mass is 79.9. The van der Waals surface area contributed by atoms with Crippen LogP contribution in [0.5, 0.6) is 0 Å². The molecule has 1 fully saturated rings. The number of hydrogen-bond donors (Lipinski definition) is 1. The number of β-amino-alcohol motifs (C(OH)–C–C–N with tert-alkyl or cyclic N) is 1. The zero-order chi connectivity index (χ0) is 14.9. The second kappa shape index (κ2) is 5.87. The smallest absolute Gasteiger partial charge is 0.248 e. The van der Waals surface area contributed by atoms with Crippen LogP contribution in [0.15, 0.2) is 33.2 Å². The first-order valence-corrected chi connectivity index (χ1v) is 7.85. The van der Waals surface area contributed by atoms with Crippen molar-refractivity contribution in [2.45, 2.75) is 31.9 Å². The summed E-state index contributed by atoms with van der Waals surface area (Å²) in [4.78, 5) is 2.15. The Kier molecular flexibility index (Phi) is 4.10. The molecule has 5 nitrogen and oxygen atoms in total. The van der Waals surface area contributed by atoms with Crippen LogP contribution in [0.25, 0.3) is 11.5 Å². The third kappa shape index (κ3) is 3.51. The van der Waals surface area contributed by atoms with Gasteiger partial charge < -0.3 is 9.52 Å². The molecular weight excluding hydrogens is 334 g/mol. The lowest BCUT2D eigenvalue weighted by Crippen LogP contribution is -2.45. The average Bonchev–Trinajstić information content (AvgIpc) is 2.86. The fraction of sp³-hybridized carbons (Fsp3) is 0.467. The van der Waals surface area contributed by atoms with E-state index in [0.29, 0.717) is 24.9 Å². The minimum Gasteiger partial charge on any atom is -0.419 e. The third-order valence-corrected chi connectivity index (χ3v) is 4.38. The zero-order valence-corrected chi connectivity index (χ0v) is 13.5. The van der Waals surface area contributed by atoms with Gasteiger partial charge in [-0.25, -0.2) is 0 Å². The molecule has 3 rings (SSSR count). The van der Waals surface area contributed by atoms with Gasteiger partial charge in [0.25, 0.3) is 0 Å². The number of hydrogen-bond acceptors (Lipinski definition) is 5. The van der Waals surface area contributed by atoms with E-state index >= 15 is 0 Å². The van der Waals surface area contributed by atoms with Gasteiger partial charge in [-0.1, -0.05) is 12.1 Å². The Morgan fingerprint density at radius 2 is 2.19 bits per heavy atom. The van der Waals surface area contributed by atoms with Gasteiger partial charge in [-0.3, -0.25) is 4.90 Å². The molecular formula is C15H18BrN3O2. The number of nitrogens with zero attached hydrogens (tertiary/aromatic N) is 3. The molecule has 1 aliphatic rings. The van der Waals surface area contributed by atoms with Crippen LogP contribution < -0.4 is 0 Å². The summed E-state index contributed by atoms with van der Waals surface area (Å²) < 4.78 is 6.68. The molecule has 2 aromatic rings. The zero-order valence-electron chi connectivity index (χ0n) is 11.9. The van der Waals surface area contributed by atoms with Crippen LogP contribution in [0.2, 0.25) is 0 Å². The Hall–Kier alpha value is -1.24. The van der Waals surface area contributed by atoms with Crippen LogP contribution in [-0.4, -0.2) is 38.9 Å². The molecule has 6 heteroatoms. The summed E-state index contributed by atoms with van der Waals surface area (Å²) in [5.41, 5.74) is 0.269. The molecule has 0 saturated carbocycles. The standard InChI is InChI=1S/C15H18BrN3O2/c1-15(20)7-4-8-19(10-15)9-13-17-18-14(21-13)11-5-2-3-6-12(11)16/h2-3,5-6,20H,4,7-10H2,1H3. The van der Waals surface area contributed by atoms with Gasteiger partial charge in [0.05, 0.1) is 17.7 Å². The van der Waals surface area contributed by atoms with Crippen molar-refractivity contribution < 1.29 is 9.52 Å². The fourth-order valence-corrected chi connectivity index (χ4v) is 3.16. The molecule has 1 N–H and O–H groups in total. The Labute approximate surface area is 132 Å². The van der Waals surface area contributed by atoms with Crippen molar-refractivity contribution in [3.8, 4) is 11.5 Å². The topological polar surface area (TPSA) is 62.4 Å². The molecule has 1 aromatic carbocycles. The van der Waals surface area contributed by atoms with Crippen LogP contribution in [-0.2, 0) is 6.54 Å². The minimum atomic E-state index is -0.621. The number of benzene rings is 1. The van der Waals surface area contributed by atoms with Gasteiger partial charge in [-0.15, -0.1) is 10.2 Å². The van der Waals surface area contributed by atoms with Gasteiger partial charge in [0.15, 0.2) is 0 Å². The Balaban J connectivity index is 1.72. The van der Waals surface area contributed by atoms with E-state index in [0.717, 1.165) is 29.4 Å². The van der Waals surface area contributed by atoms with Gasteiger partial charge in [0.1, 0.15) is 0 Å². The summed E-state index contributed by atoms with van der Waals surface area (Å²) in [6, 6.07) is 7.76. The summed E-state index contributed by atoms with van der Waals surface area (Å²) in [6.07, 6.45) is 1.83. The number of rotatable bonds is 3. The number of aliphatic hydroxyl groups is 1. The fourth-order valence-electron chi connectivity index (χ4n) is 2.71. The van der Waals surface area contributed by atoms with E-state index in [-0.39, 0.29) is 0 Å². The van der Waals surface area contributed by atoms with Crippen molar-refractivity contribution in [2.24, 2.45) is 0 Å². The van der Waals surface area contributed by atoms with E-state index in [1.165, 1.54) is 0 Å². The first-order chi connectivity index (χ1) is 10.0. The molecule has 0 spiro atoms. The number of piperidine rings is 1. The summed E-state index contributed by atoms with van der Waals surface area (Å²) in [5, 5.41) is 18.4. The molecule has 1 atom stereocenters. The van der Waals surface area contributed by atoms with Crippen LogP contribution in [0.3, 0.4) is 0 Å². The second-order valence-electron chi connectivity index (χ2n) is 5.79. The molecule has 21 heavy (non-hydrogen) atoms. The Morgan fingerprint density at radius 1 is 1.38 bits per heavy atom. The van der Waals surface area contributed by atoms with Crippen molar-refractivity contribution in [3.05, 3.63) is 34.6 Å². The maximum atomic E-state index is 10.1. The van der Waals surface area contributed by atoms with Crippen molar-refractivity contribution in [2.75, 3.05) is 13.1 Å². The highest BCUT2D eigenvalue weighted by Gasteiger charge is 2.29. The van der Waals surface area contributed by atoms with Gasteiger partial charge in [-0.05, 0) is 54.4 Å². The quantitative estimate of drug-likeness (QED) is 0.920. The molecule has 112 valence electrons. The highest BCUT2D eigenvalue weighted by Crippen LogP contribution is 2.27. The highest BCUT2D eigenvalue weighted by molar-refractivity contribution is 9.10. The lowest BCUT2D eigenvalue weighted by molar-refractivity contribution is -0.0202. The lowest BCUT2D eigenvalue weighted by atomic mass is 9.95. The molecule has 0 bridgehead atoms. The SMILES string of the molecule is CC1(O)CCCN(Cc2nnc(-c3ccccc3Br)o2)C1. The summed E-state index contributed by atoms with van der Waals surface area (Å²) in [6.45, 7) is 4.04. The maximum absolute atomic E-state index is 10.1. The van der Waals surface area contributed by atoms with Gasteiger partial charge in [-0.2, -0.15) is 0 Å². The average molecular weight is 352 g/mol. The van der Waals surface area contributed by atoms with Crippen molar-refractivity contribution in [1.29, 1.82) is 0 Å². The predicted molar refractivity (Wildman–Crippen MR) is 82.6 cm³/mol. The first-order valence-electron chi connectivity index (χ1n) is 7.05. The van der Waals surface area contributed by atoms with E-state index in [2.05, 4.69) is 31.0 Å². The van der Waals surface area contributed by atoms with Crippen molar-refractivity contribution in [3.63, 3.8) is 0 Å². The van der Waals surface area contributed by atoms with E-state index in [4.69, 9.17) is 4.42 Å².